The predicted molar refractivity (Wildman–Crippen MR) is 166 cm³/mol. The summed E-state index contributed by atoms with van der Waals surface area (Å²) in [6.45, 7) is 8.29. The number of allylic oxidation sites excluding steroid dienone is 2. The Morgan fingerprint density at radius 2 is 1.69 bits per heavy atom. The molecule has 0 aromatic heterocycles. The van der Waals surface area contributed by atoms with Crippen LogP contribution in [0, 0.1) is 31.9 Å². The van der Waals surface area contributed by atoms with Crippen molar-refractivity contribution in [1.29, 1.82) is 0 Å². The smallest absolute Gasteiger partial charge is 0.295 e. The maximum atomic E-state index is 12.4. The van der Waals surface area contributed by atoms with Gasteiger partial charge in [-0.15, -0.1) is 0 Å². The molecule has 6 nitrogen and oxygen atoms in total. The minimum atomic E-state index is -4.52. The van der Waals surface area contributed by atoms with Crippen molar-refractivity contribution < 1.29 is 17.4 Å². The van der Waals surface area contributed by atoms with Crippen molar-refractivity contribution >= 4 is 32.5 Å². The first kappa shape index (κ1) is 27.5. The van der Waals surface area contributed by atoms with Crippen LogP contribution in [0.25, 0.3) is 33.4 Å². The zero-order valence-corrected chi connectivity index (χ0v) is 24.6. The number of para-hydroxylation sites is 1. The molecule has 0 spiro atoms. The number of anilines is 2. The van der Waals surface area contributed by atoms with Crippen LogP contribution in [-0.4, -0.2) is 19.0 Å². The number of aryl methyl sites for hydroxylation is 2. The van der Waals surface area contributed by atoms with Crippen molar-refractivity contribution in [2.75, 3.05) is 5.32 Å². The molecule has 0 saturated heterocycles. The Labute approximate surface area is 245 Å². The fraction of sp³-hybridized carbons (Fsp3) is 0.171. The van der Waals surface area contributed by atoms with Crippen molar-refractivity contribution in [3.05, 3.63) is 119 Å². The molecule has 0 amide bonds. The standard InChI is InChI=1S/C35H30N2O4S/c1-21-9-7-10-22(2)34(21)36-25-15-17-27-30(19-25)41-31-20-26(37-35-23(3)11-8-12-24(35)4)16-18-28(31)33(27)29-13-5-6-14-32(29)42(38,39)40/h5-15,17,19-21,34,37H,1-4H3,(H,38,39,40). The number of hydrogen-bond acceptors (Lipinski definition) is 5. The highest BCUT2D eigenvalue weighted by Gasteiger charge is 2.24. The number of benzene rings is 3. The SMILES string of the molecule is CC1=CC=CC(C)C1N=c1ccc2c(-c3ccccc3S(=O)(=O)O)c3c#cc(Nc4c(C)cccc4C)cc3oc-2c1. The van der Waals surface area contributed by atoms with E-state index in [1.165, 1.54) is 11.6 Å². The quantitative estimate of drug-likeness (QED) is 0.209. The Balaban J connectivity index is 1.60. The monoisotopic (exact) mass is 574 g/mol. The molecular weight excluding hydrogens is 544 g/mol. The van der Waals surface area contributed by atoms with E-state index in [0.717, 1.165) is 22.2 Å². The Kier molecular flexibility index (Phi) is 6.97. The van der Waals surface area contributed by atoms with E-state index in [0.29, 0.717) is 39.1 Å². The molecule has 3 aromatic carbocycles. The van der Waals surface area contributed by atoms with E-state index in [9.17, 15) is 13.0 Å². The Bertz CT molecular complexity index is 2030. The third-order valence-corrected chi connectivity index (χ3v) is 8.66. The predicted octanol–water partition coefficient (Wildman–Crippen LogP) is 7.83. The van der Waals surface area contributed by atoms with Gasteiger partial charge in [0.2, 0.25) is 0 Å². The summed E-state index contributed by atoms with van der Waals surface area (Å²) in [5.74, 6) is 0.780. The molecule has 0 fully saturated rings. The summed E-state index contributed by atoms with van der Waals surface area (Å²) in [6.07, 6.45) is 6.28. The minimum absolute atomic E-state index is 0.00345. The van der Waals surface area contributed by atoms with Gasteiger partial charge in [0.1, 0.15) is 16.2 Å². The molecule has 2 atom stereocenters. The van der Waals surface area contributed by atoms with Gasteiger partial charge in [-0.2, -0.15) is 8.42 Å². The van der Waals surface area contributed by atoms with Crippen molar-refractivity contribution in [2.45, 2.75) is 38.6 Å². The van der Waals surface area contributed by atoms with Crippen molar-refractivity contribution in [3.63, 3.8) is 0 Å². The molecule has 3 aromatic rings. The highest BCUT2D eigenvalue weighted by Crippen LogP contribution is 2.42. The van der Waals surface area contributed by atoms with Gasteiger partial charge in [0, 0.05) is 40.4 Å². The first-order valence-electron chi connectivity index (χ1n) is 13.7. The van der Waals surface area contributed by atoms with Crippen LogP contribution in [0.2, 0.25) is 0 Å². The van der Waals surface area contributed by atoms with Gasteiger partial charge in [0.25, 0.3) is 10.1 Å². The lowest BCUT2D eigenvalue weighted by Crippen LogP contribution is -2.21. The van der Waals surface area contributed by atoms with Gasteiger partial charge in [-0.05, 0) is 61.7 Å². The number of nitrogens with one attached hydrogen (secondary N) is 1. The lowest BCUT2D eigenvalue weighted by Gasteiger charge is -2.21. The van der Waals surface area contributed by atoms with Gasteiger partial charge in [0.05, 0.1) is 22.5 Å². The number of hydrogen-bond donors (Lipinski definition) is 2. The molecule has 1 heterocycles. The number of nitrogens with zero attached hydrogens (tertiary/aromatic N) is 1. The first-order chi connectivity index (χ1) is 20.1. The van der Waals surface area contributed by atoms with Crippen LogP contribution in [0.5, 0.6) is 0 Å². The second kappa shape index (κ2) is 10.6. The van der Waals surface area contributed by atoms with E-state index in [1.54, 1.807) is 18.2 Å². The molecule has 0 saturated carbocycles. The third kappa shape index (κ3) is 5.11. The van der Waals surface area contributed by atoms with Crippen LogP contribution in [0.1, 0.15) is 25.0 Å². The summed E-state index contributed by atoms with van der Waals surface area (Å²) >= 11 is 0. The molecule has 2 aliphatic carbocycles. The molecule has 0 radical (unpaired) electrons. The highest BCUT2D eigenvalue weighted by atomic mass is 32.2. The van der Waals surface area contributed by atoms with E-state index in [1.807, 2.05) is 56.3 Å². The van der Waals surface area contributed by atoms with Crippen LogP contribution in [-0.2, 0) is 10.1 Å². The average Bonchev–Trinajstić information content (AvgIpc) is 2.95. The molecule has 2 unspecified atom stereocenters. The fourth-order valence-corrected chi connectivity index (χ4v) is 6.30. The lowest BCUT2D eigenvalue weighted by molar-refractivity contribution is 0.483. The topological polar surface area (TPSA) is 91.9 Å². The van der Waals surface area contributed by atoms with E-state index >= 15 is 0 Å². The lowest BCUT2D eigenvalue weighted by atomic mass is 9.91. The van der Waals surface area contributed by atoms with Gasteiger partial charge in [-0.3, -0.25) is 9.55 Å². The van der Waals surface area contributed by atoms with Crippen molar-refractivity contribution in [3.8, 4) is 22.5 Å². The van der Waals surface area contributed by atoms with Crippen LogP contribution in [0.15, 0.2) is 105 Å². The molecule has 1 aliphatic heterocycles. The number of rotatable bonds is 5. The fourth-order valence-electron chi connectivity index (χ4n) is 5.60. The van der Waals surface area contributed by atoms with Crippen molar-refractivity contribution in [1.82, 2.24) is 0 Å². The minimum Gasteiger partial charge on any atom is -0.455 e. The van der Waals surface area contributed by atoms with Gasteiger partial charge >= 0.3 is 0 Å². The van der Waals surface area contributed by atoms with Crippen LogP contribution < -0.4 is 10.7 Å². The second-order valence-electron chi connectivity index (χ2n) is 10.8. The maximum Gasteiger partial charge on any atom is 0.295 e. The molecule has 0 bridgehead atoms. The van der Waals surface area contributed by atoms with Crippen LogP contribution >= 0.6 is 0 Å². The Morgan fingerprint density at radius 3 is 2.43 bits per heavy atom. The molecular formula is C35H30N2O4S. The first-order valence-corrected chi connectivity index (χ1v) is 15.2. The highest BCUT2D eigenvalue weighted by molar-refractivity contribution is 7.86. The molecule has 7 heteroatoms. The van der Waals surface area contributed by atoms with Crippen LogP contribution in [0.3, 0.4) is 0 Å². The summed E-state index contributed by atoms with van der Waals surface area (Å²) in [7, 11) is -4.52. The third-order valence-electron chi connectivity index (χ3n) is 7.75. The van der Waals surface area contributed by atoms with E-state index < -0.39 is 10.1 Å². The second-order valence-corrected chi connectivity index (χ2v) is 12.2. The summed E-state index contributed by atoms with van der Waals surface area (Å²) < 4.78 is 41.4. The summed E-state index contributed by atoms with van der Waals surface area (Å²) in [5.41, 5.74) is 7.05. The van der Waals surface area contributed by atoms with Gasteiger partial charge in [-0.25, -0.2) is 0 Å². The largest absolute Gasteiger partial charge is 0.455 e. The zero-order valence-electron chi connectivity index (χ0n) is 23.8. The summed E-state index contributed by atoms with van der Waals surface area (Å²) in [5, 5.41) is 4.73. The van der Waals surface area contributed by atoms with Crippen LogP contribution in [0.4, 0.5) is 11.4 Å². The van der Waals surface area contributed by atoms with Crippen molar-refractivity contribution in [2.24, 2.45) is 10.9 Å². The van der Waals surface area contributed by atoms with Gasteiger partial charge in [0.15, 0.2) is 0 Å². The molecule has 6 rings (SSSR count). The summed E-state index contributed by atoms with van der Waals surface area (Å²) in [6, 6.07) is 26.4. The molecule has 42 heavy (non-hydrogen) atoms. The van der Waals surface area contributed by atoms with Gasteiger partial charge < -0.3 is 9.73 Å². The molecule has 3 aliphatic rings. The molecule has 210 valence electrons. The van der Waals surface area contributed by atoms with E-state index in [2.05, 4.69) is 49.5 Å². The Hall–Kier alpha value is -4.64. The van der Waals surface area contributed by atoms with Gasteiger partial charge in [-0.1, -0.05) is 67.6 Å². The van der Waals surface area contributed by atoms with E-state index in [-0.39, 0.29) is 16.9 Å². The van der Waals surface area contributed by atoms with E-state index in [4.69, 9.17) is 9.41 Å². The average molecular weight is 575 g/mol. The maximum absolute atomic E-state index is 12.4. The molecule has 2 N–H and O–H groups in total. The normalized spacial score (nSPS) is 17.4. The Morgan fingerprint density at radius 1 is 0.929 bits per heavy atom. The number of fused-ring (bicyclic) bond motifs is 2. The zero-order chi connectivity index (χ0) is 29.6. The summed E-state index contributed by atoms with van der Waals surface area (Å²) in [4.78, 5) is 4.83.